The molecule has 1 spiro atoms. The number of benzene rings is 2. The molecule has 31 heavy (non-hydrogen) atoms. The molecule has 0 aromatic heterocycles. The standard InChI is InChI=1S/C26H37NO3Si/c1-24(2,3)31(21-11-7-5-8-12-21,22-13-9-6-10-14-22)30-23-15-16-26(28-17-18-29-26)19-25(23,4)20-27/h5-14,23H,15-20,27H2,1-4H3/t23-,25+/m1/s1. The summed E-state index contributed by atoms with van der Waals surface area (Å²) in [5.74, 6) is -0.487. The molecule has 0 amide bonds. The van der Waals surface area contributed by atoms with Gasteiger partial charge in [0.1, 0.15) is 0 Å². The third-order valence-electron chi connectivity index (χ3n) is 7.25. The molecule has 2 aromatic rings. The van der Waals surface area contributed by atoms with Crippen LogP contribution in [0.4, 0.5) is 0 Å². The van der Waals surface area contributed by atoms with Crippen molar-refractivity contribution in [3.8, 4) is 0 Å². The molecule has 5 heteroatoms. The summed E-state index contributed by atoms with van der Waals surface area (Å²) in [6, 6.07) is 21.7. The topological polar surface area (TPSA) is 53.7 Å². The van der Waals surface area contributed by atoms with Crippen molar-refractivity contribution in [3.05, 3.63) is 60.7 Å². The lowest BCUT2D eigenvalue weighted by Gasteiger charge is -2.53. The molecule has 0 bridgehead atoms. The van der Waals surface area contributed by atoms with Gasteiger partial charge in [0.25, 0.3) is 8.32 Å². The van der Waals surface area contributed by atoms with E-state index in [9.17, 15) is 0 Å². The Morgan fingerprint density at radius 2 is 1.48 bits per heavy atom. The van der Waals surface area contributed by atoms with Gasteiger partial charge in [-0.1, -0.05) is 88.4 Å². The second-order valence-corrected chi connectivity index (χ2v) is 14.7. The molecule has 0 radical (unpaired) electrons. The second kappa shape index (κ2) is 8.45. The molecule has 168 valence electrons. The highest BCUT2D eigenvalue weighted by atomic mass is 28.4. The monoisotopic (exact) mass is 439 g/mol. The van der Waals surface area contributed by atoms with Gasteiger partial charge < -0.3 is 19.6 Å². The third kappa shape index (κ3) is 4.03. The van der Waals surface area contributed by atoms with Gasteiger partial charge in [-0.3, -0.25) is 0 Å². The van der Waals surface area contributed by atoms with Crippen molar-refractivity contribution in [1.29, 1.82) is 0 Å². The molecular weight excluding hydrogens is 402 g/mol. The van der Waals surface area contributed by atoms with Crippen molar-refractivity contribution in [2.75, 3.05) is 19.8 Å². The summed E-state index contributed by atoms with van der Waals surface area (Å²) in [6.07, 6.45) is 2.56. The van der Waals surface area contributed by atoms with Crippen molar-refractivity contribution in [1.82, 2.24) is 0 Å². The normalized spacial score (nSPS) is 26.3. The lowest BCUT2D eigenvalue weighted by molar-refractivity contribution is -0.216. The Balaban J connectivity index is 1.80. The third-order valence-corrected chi connectivity index (χ3v) is 12.3. The van der Waals surface area contributed by atoms with Crippen LogP contribution in [0.15, 0.2) is 60.7 Å². The van der Waals surface area contributed by atoms with Crippen LogP contribution in [0.2, 0.25) is 5.04 Å². The number of ether oxygens (including phenoxy) is 2. The molecule has 1 heterocycles. The largest absolute Gasteiger partial charge is 0.404 e. The molecule has 1 aliphatic carbocycles. The fraction of sp³-hybridized carbons (Fsp3) is 0.538. The van der Waals surface area contributed by atoms with Crippen LogP contribution >= 0.6 is 0 Å². The van der Waals surface area contributed by atoms with Gasteiger partial charge >= 0.3 is 0 Å². The minimum atomic E-state index is -2.63. The highest BCUT2D eigenvalue weighted by molar-refractivity contribution is 6.99. The Morgan fingerprint density at radius 1 is 0.968 bits per heavy atom. The summed E-state index contributed by atoms with van der Waals surface area (Å²) < 4.78 is 19.6. The van der Waals surface area contributed by atoms with E-state index in [1.807, 2.05) is 0 Å². The molecule has 1 saturated carbocycles. The smallest absolute Gasteiger partial charge is 0.261 e. The first-order chi connectivity index (χ1) is 14.7. The first-order valence-electron chi connectivity index (χ1n) is 11.5. The van der Waals surface area contributed by atoms with Gasteiger partial charge in [-0.2, -0.15) is 0 Å². The van der Waals surface area contributed by atoms with Gasteiger partial charge in [0.05, 0.1) is 19.3 Å². The highest BCUT2D eigenvalue weighted by Crippen LogP contribution is 2.49. The van der Waals surface area contributed by atoms with E-state index in [4.69, 9.17) is 19.6 Å². The predicted octanol–water partition coefficient (Wildman–Crippen LogP) is 3.82. The summed E-state index contributed by atoms with van der Waals surface area (Å²) >= 11 is 0. The van der Waals surface area contributed by atoms with Crippen LogP contribution in [0.25, 0.3) is 0 Å². The van der Waals surface area contributed by atoms with Crippen LogP contribution in [-0.4, -0.2) is 40.0 Å². The van der Waals surface area contributed by atoms with Crippen molar-refractivity contribution >= 4 is 18.7 Å². The van der Waals surface area contributed by atoms with Crippen LogP contribution < -0.4 is 16.1 Å². The summed E-state index contributed by atoms with van der Waals surface area (Å²) in [5.41, 5.74) is 6.20. The first-order valence-corrected chi connectivity index (χ1v) is 13.4. The van der Waals surface area contributed by atoms with Crippen LogP contribution in [0.1, 0.15) is 47.0 Å². The second-order valence-electron chi connectivity index (χ2n) is 10.5. The van der Waals surface area contributed by atoms with Gasteiger partial charge in [0.15, 0.2) is 5.79 Å². The van der Waals surface area contributed by atoms with Crippen LogP contribution in [0.3, 0.4) is 0 Å². The molecule has 2 aromatic carbocycles. The molecule has 0 unspecified atom stereocenters. The summed E-state index contributed by atoms with van der Waals surface area (Å²) in [7, 11) is -2.63. The van der Waals surface area contributed by atoms with E-state index in [1.54, 1.807) is 0 Å². The van der Waals surface area contributed by atoms with Crippen molar-refractivity contribution in [2.24, 2.45) is 11.1 Å². The van der Waals surface area contributed by atoms with Gasteiger partial charge in [0, 0.05) is 24.8 Å². The van der Waals surface area contributed by atoms with Crippen LogP contribution in [-0.2, 0) is 13.9 Å². The SMILES string of the molecule is CC(C)(C)[Si](O[C@@H]1CCC2(C[C@@]1(C)CN)OCCO2)(c1ccccc1)c1ccccc1. The van der Waals surface area contributed by atoms with E-state index in [2.05, 4.69) is 88.4 Å². The average Bonchev–Trinajstić information content (AvgIpc) is 3.21. The number of rotatable bonds is 5. The van der Waals surface area contributed by atoms with Crippen molar-refractivity contribution in [3.63, 3.8) is 0 Å². The molecule has 1 saturated heterocycles. The van der Waals surface area contributed by atoms with E-state index in [-0.39, 0.29) is 16.6 Å². The fourth-order valence-electron chi connectivity index (χ4n) is 5.57. The fourth-order valence-corrected chi connectivity index (χ4v) is 10.4. The van der Waals surface area contributed by atoms with E-state index in [0.29, 0.717) is 19.8 Å². The Bertz CT molecular complexity index is 822. The maximum Gasteiger partial charge on any atom is 0.261 e. The molecule has 1 aliphatic heterocycles. The van der Waals surface area contributed by atoms with Gasteiger partial charge in [0.2, 0.25) is 0 Å². The summed E-state index contributed by atoms with van der Waals surface area (Å²) in [6.45, 7) is 11.1. The molecule has 4 nitrogen and oxygen atoms in total. The van der Waals surface area contributed by atoms with Gasteiger partial charge in [-0.15, -0.1) is 0 Å². The Morgan fingerprint density at radius 3 is 1.94 bits per heavy atom. The molecule has 4 rings (SSSR count). The molecule has 2 fully saturated rings. The highest BCUT2D eigenvalue weighted by Gasteiger charge is 2.57. The van der Waals surface area contributed by atoms with Crippen molar-refractivity contribution < 1.29 is 13.9 Å². The minimum absolute atomic E-state index is 0.0437. The van der Waals surface area contributed by atoms with E-state index < -0.39 is 14.1 Å². The predicted molar refractivity (Wildman–Crippen MR) is 128 cm³/mol. The zero-order valence-corrected chi connectivity index (χ0v) is 20.4. The first kappa shape index (κ1) is 22.7. The Kier molecular flexibility index (Phi) is 6.18. The van der Waals surface area contributed by atoms with E-state index >= 15 is 0 Å². The zero-order chi connectivity index (χ0) is 22.2. The van der Waals surface area contributed by atoms with Gasteiger partial charge in [-0.05, 0) is 21.8 Å². The van der Waals surface area contributed by atoms with Crippen LogP contribution in [0.5, 0.6) is 0 Å². The maximum atomic E-state index is 7.47. The lowest BCUT2D eigenvalue weighted by atomic mass is 9.70. The molecule has 2 atom stereocenters. The Hall–Kier alpha value is -1.50. The van der Waals surface area contributed by atoms with Crippen molar-refractivity contribution in [2.45, 2.75) is 63.9 Å². The molecule has 2 N–H and O–H groups in total. The quantitative estimate of drug-likeness (QED) is 0.720. The zero-order valence-electron chi connectivity index (χ0n) is 19.4. The maximum absolute atomic E-state index is 7.47. The minimum Gasteiger partial charge on any atom is -0.404 e. The number of nitrogens with two attached hydrogens (primary N) is 1. The number of hydrogen-bond acceptors (Lipinski definition) is 4. The number of hydrogen-bond donors (Lipinski definition) is 1. The lowest BCUT2D eigenvalue weighted by Crippen LogP contribution is -2.69. The van der Waals surface area contributed by atoms with E-state index in [1.165, 1.54) is 10.4 Å². The molecular formula is C26H37NO3Si. The average molecular weight is 440 g/mol. The summed E-state index contributed by atoms with van der Waals surface area (Å²) in [4.78, 5) is 0. The van der Waals surface area contributed by atoms with Crippen LogP contribution in [0, 0.1) is 5.41 Å². The summed E-state index contributed by atoms with van der Waals surface area (Å²) in [5, 5.41) is 2.56. The molecule has 2 aliphatic rings. The van der Waals surface area contributed by atoms with Gasteiger partial charge in [-0.25, -0.2) is 0 Å². The van der Waals surface area contributed by atoms with E-state index in [0.717, 1.165) is 19.3 Å². The Labute approximate surface area is 188 Å².